The van der Waals surface area contributed by atoms with Crippen molar-refractivity contribution in [3.05, 3.63) is 59.9 Å². The van der Waals surface area contributed by atoms with Crippen LogP contribution in [0.3, 0.4) is 0 Å². The molecule has 3 rings (SSSR count). The molecular weight excluding hydrogens is 312 g/mol. The second-order valence-corrected chi connectivity index (χ2v) is 6.83. The average molecular weight is 336 g/mol. The number of pyridine rings is 1. The van der Waals surface area contributed by atoms with E-state index in [1.807, 2.05) is 36.0 Å². The molecule has 2 heterocycles. The average Bonchev–Trinajstić information content (AvgIpc) is 3.02. The van der Waals surface area contributed by atoms with Gasteiger partial charge in [-0.2, -0.15) is 5.10 Å². The number of hydrogen-bond acceptors (Lipinski definition) is 3. The fourth-order valence-corrected chi connectivity index (χ4v) is 2.73. The molecule has 0 N–H and O–H groups in total. The molecule has 5 nitrogen and oxygen atoms in total. The maximum Gasteiger partial charge on any atom is 0.255 e. The molecule has 0 spiro atoms. The van der Waals surface area contributed by atoms with Crippen molar-refractivity contribution >= 4 is 16.9 Å². The van der Waals surface area contributed by atoms with Gasteiger partial charge in [0.2, 0.25) is 0 Å². The van der Waals surface area contributed by atoms with Crippen LogP contribution in [0.5, 0.6) is 0 Å². The van der Waals surface area contributed by atoms with Gasteiger partial charge >= 0.3 is 0 Å². The van der Waals surface area contributed by atoms with Crippen molar-refractivity contribution in [2.75, 3.05) is 13.6 Å². The summed E-state index contributed by atoms with van der Waals surface area (Å²) in [5, 5.41) is 5.31. The number of nitrogens with zero attached hydrogens (tertiary/aromatic N) is 4. The maximum absolute atomic E-state index is 12.6. The zero-order chi connectivity index (χ0) is 17.8. The lowest BCUT2D eigenvalue weighted by Gasteiger charge is -2.18. The van der Waals surface area contributed by atoms with E-state index in [0.29, 0.717) is 18.0 Å². The highest BCUT2D eigenvalue weighted by atomic mass is 16.2. The summed E-state index contributed by atoms with van der Waals surface area (Å²) < 4.78 is 1.86. The van der Waals surface area contributed by atoms with E-state index >= 15 is 0 Å². The van der Waals surface area contributed by atoms with Crippen LogP contribution in [0.15, 0.2) is 48.8 Å². The Morgan fingerprint density at radius 1 is 1.20 bits per heavy atom. The lowest BCUT2D eigenvalue weighted by molar-refractivity contribution is 0.0789. The van der Waals surface area contributed by atoms with Gasteiger partial charge in [-0.3, -0.25) is 4.79 Å². The van der Waals surface area contributed by atoms with Crippen LogP contribution >= 0.6 is 0 Å². The highest BCUT2D eigenvalue weighted by Crippen LogP contribution is 2.16. The minimum Gasteiger partial charge on any atom is -0.342 e. The van der Waals surface area contributed by atoms with Gasteiger partial charge in [0.15, 0.2) is 5.65 Å². The first kappa shape index (κ1) is 17.1. The first-order valence-corrected chi connectivity index (χ1v) is 8.65. The Labute approximate surface area is 148 Å². The Kier molecular flexibility index (Phi) is 5.12. The van der Waals surface area contributed by atoms with Crippen molar-refractivity contribution in [1.82, 2.24) is 19.7 Å². The van der Waals surface area contributed by atoms with E-state index in [1.54, 1.807) is 17.3 Å². The Bertz CT molecular complexity index is 855. The van der Waals surface area contributed by atoms with E-state index in [0.717, 1.165) is 24.0 Å². The molecule has 0 aliphatic heterocycles. The van der Waals surface area contributed by atoms with Crippen molar-refractivity contribution in [2.45, 2.75) is 26.8 Å². The van der Waals surface area contributed by atoms with Gasteiger partial charge in [-0.25, -0.2) is 9.67 Å². The minimum atomic E-state index is 0.00543. The topological polar surface area (TPSA) is 51.0 Å². The van der Waals surface area contributed by atoms with Crippen molar-refractivity contribution in [3.8, 4) is 0 Å². The Hall–Kier alpha value is -2.69. The molecule has 0 unspecified atom stereocenters. The smallest absolute Gasteiger partial charge is 0.255 e. The Balaban J connectivity index is 1.78. The third-order valence-electron chi connectivity index (χ3n) is 4.29. The fourth-order valence-electron chi connectivity index (χ4n) is 2.73. The summed E-state index contributed by atoms with van der Waals surface area (Å²) in [6.07, 6.45) is 4.42. The van der Waals surface area contributed by atoms with Crippen LogP contribution in [0.1, 0.15) is 36.2 Å². The number of carbonyl (C=O) groups excluding carboxylic acids is 1. The molecule has 0 saturated carbocycles. The first-order chi connectivity index (χ1) is 12.0. The zero-order valence-corrected chi connectivity index (χ0v) is 15.0. The quantitative estimate of drug-likeness (QED) is 0.691. The minimum absolute atomic E-state index is 0.00543. The van der Waals surface area contributed by atoms with Crippen molar-refractivity contribution in [2.24, 2.45) is 5.92 Å². The standard InChI is InChI=1S/C20H24N4O/c1-15(2)9-10-23(3)20(25)18-11-17-13-22-24(19(17)21-12-18)14-16-7-5-4-6-8-16/h4-8,11-13,15H,9-10,14H2,1-3H3. The van der Waals surface area contributed by atoms with Crippen LogP contribution in [0, 0.1) is 5.92 Å². The molecule has 0 bridgehead atoms. The summed E-state index contributed by atoms with van der Waals surface area (Å²) in [7, 11) is 1.84. The summed E-state index contributed by atoms with van der Waals surface area (Å²) in [5.41, 5.74) is 2.58. The monoisotopic (exact) mass is 336 g/mol. The van der Waals surface area contributed by atoms with Gasteiger partial charge < -0.3 is 4.90 Å². The van der Waals surface area contributed by atoms with Crippen LogP contribution in [-0.4, -0.2) is 39.2 Å². The Morgan fingerprint density at radius 3 is 2.68 bits per heavy atom. The first-order valence-electron chi connectivity index (χ1n) is 8.65. The summed E-state index contributed by atoms with van der Waals surface area (Å²) in [6.45, 7) is 5.74. The van der Waals surface area contributed by atoms with Crippen LogP contribution in [-0.2, 0) is 6.54 Å². The number of benzene rings is 1. The van der Waals surface area contributed by atoms with Crippen molar-refractivity contribution < 1.29 is 4.79 Å². The SMILES string of the molecule is CC(C)CCN(C)C(=O)c1cnc2c(cnn2Cc2ccccc2)c1. The van der Waals surface area contributed by atoms with E-state index in [-0.39, 0.29) is 5.91 Å². The molecular formula is C20H24N4O. The van der Waals surface area contributed by atoms with Crippen LogP contribution in [0.25, 0.3) is 11.0 Å². The molecule has 5 heteroatoms. The lowest BCUT2D eigenvalue weighted by atomic mass is 10.1. The fraction of sp³-hybridized carbons (Fsp3) is 0.350. The Morgan fingerprint density at radius 2 is 1.96 bits per heavy atom. The molecule has 3 aromatic rings. The van der Waals surface area contributed by atoms with Crippen molar-refractivity contribution in [1.29, 1.82) is 0 Å². The van der Waals surface area contributed by atoms with Crippen LogP contribution in [0.2, 0.25) is 0 Å². The zero-order valence-electron chi connectivity index (χ0n) is 15.0. The third-order valence-corrected chi connectivity index (χ3v) is 4.29. The molecule has 0 aliphatic rings. The molecule has 0 atom stereocenters. The largest absolute Gasteiger partial charge is 0.342 e. The van der Waals surface area contributed by atoms with E-state index in [1.165, 1.54) is 5.56 Å². The molecule has 0 aliphatic carbocycles. The number of carbonyl (C=O) groups is 1. The van der Waals surface area contributed by atoms with Gasteiger partial charge in [0.1, 0.15) is 0 Å². The van der Waals surface area contributed by atoms with Gasteiger partial charge in [0.05, 0.1) is 18.3 Å². The predicted molar refractivity (Wildman–Crippen MR) is 99.5 cm³/mol. The molecule has 1 aromatic carbocycles. The summed E-state index contributed by atoms with van der Waals surface area (Å²) in [5.74, 6) is 0.581. The summed E-state index contributed by atoms with van der Waals surface area (Å²) >= 11 is 0. The van der Waals surface area contributed by atoms with Gasteiger partial charge in [-0.05, 0) is 24.0 Å². The van der Waals surface area contributed by atoms with Gasteiger partial charge in [0, 0.05) is 25.2 Å². The molecule has 130 valence electrons. The molecule has 25 heavy (non-hydrogen) atoms. The third kappa shape index (κ3) is 4.05. The molecule has 1 amide bonds. The maximum atomic E-state index is 12.6. The number of rotatable bonds is 6. The summed E-state index contributed by atoms with van der Waals surface area (Å²) in [4.78, 5) is 18.8. The number of aromatic nitrogens is 3. The van der Waals surface area contributed by atoms with E-state index in [9.17, 15) is 4.79 Å². The molecule has 0 fully saturated rings. The summed E-state index contributed by atoms with van der Waals surface area (Å²) in [6, 6.07) is 12.0. The van der Waals surface area contributed by atoms with Crippen LogP contribution in [0.4, 0.5) is 0 Å². The number of fused-ring (bicyclic) bond motifs is 1. The highest BCUT2D eigenvalue weighted by Gasteiger charge is 2.14. The van der Waals surface area contributed by atoms with E-state index in [4.69, 9.17) is 0 Å². The van der Waals surface area contributed by atoms with Gasteiger partial charge in [-0.1, -0.05) is 44.2 Å². The lowest BCUT2D eigenvalue weighted by Crippen LogP contribution is -2.28. The number of amides is 1. The molecule has 0 saturated heterocycles. The van der Waals surface area contributed by atoms with E-state index < -0.39 is 0 Å². The van der Waals surface area contributed by atoms with Gasteiger partial charge in [0.25, 0.3) is 5.91 Å². The van der Waals surface area contributed by atoms with E-state index in [2.05, 4.69) is 36.1 Å². The second kappa shape index (κ2) is 7.47. The highest BCUT2D eigenvalue weighted by molar-refractivity contribution is 5.96. The molecule has 2 aromatic heterocycles. The van der Waals surface area contributed by atoms with Gasteiger partial charge in [-0.15, -0.1) is 0 Å². The second-order valence-electron chi connectivity index (χ2n) is 6.83. The number of hydrogen-bond donors (Lipinski definition) is 0. The normalized spacial score (nSPS) is 11.2. The van der Waals surface area contributed by atoms with Crippen LogP contribution < -0.4 is 0 Å². The predicted octanol–water partition coefficient (Wildman–Crippen LogP) is 3.60. The van der Waals surface area contributed by atoms with Crippen molar-refractivity contribution in [3.63, 3.8) is 0 Å². The molecule has 0 radical (unpaired) electrons.